The number of hydrogen-bond donors (Lipinski definition) is 0. The minimum atomic E-state index is -0.238. The molecule has 88 heavy (non-hydrogen) atoms. The van der Waals surface area contributed by atoms with Gasteiger partial charge in [-0.1, -0.05) is 266 Å². The first-order valence-corrected chi connectivity index (χ1v) is 30.0. The molecule has 1 aliphatic heterocycles. The molecule has 4 heterocycles. The molecule has 0 fully saturated rings. The van der Waals surface area contributed by atoms with Gasteiger partial charge in [-0.2, -0.15) is 0 Å². The lowest BCUT2D eigenvalue weighted by Gasteiger charge is -2.40. The summed E-state index contributed by atoms with van der Waals surface area (Å²) in [5.41, 5.74) is 19.9. The molecule has 8 heteroatoms. The minimum Gasteiger partial charge on any atom is -0.306 e. The fourth-order valence-corrected chi connectivity index (χ4v) is 11.8. The quantitative estimate of drug-likeness (QED) is 0.127. The molecular weight excluding hydrogens is 1070 g/mol. The van der Waals surface area contributed by atoms with Crippen molar-refractivity contribution in [2.75, 3.05) is 9.80 Å². The first-order valence-electron chi connectivity index (χ1n) is 30.0. The number of aromatic nitrogens is 6. The van der Waals surface area contributed by atoms with Crippen molar-refractivity contribution in [1.82, 2.24) is 29.9 Å². The first kappa shape index (κ1) is 54.9. The molecule has 0 spiro atoms. The molecule has 0 saturated carbocycles. The van der Waals surface area contributed by atoms with Crippen molar-refractivity contribution in [2.24, 2.45) is 0 Å². The van der Waals surface area contributed by atoms with Gasteiger partial charge in [0.2, 0.25) is 0 Å². The zero-order chi connectivity index (χ0) is 59.9. The van der Waals surface area contributed by atoms with Crippen molar-refractivity contribution in [1.29, 1.82) is 0 Å². The Morgan fingerprint density at radius 1 is 0.239 bits per heavy atom. The van der Waals surface area contributed by atoms with Crippen molar-refractivity contribution < 1.29 is 0 Å². The molecule has 0 saturated heterocycles. The highest BCUT2D eigenvalue weighted by atomic mass is 15.3. The average Bonchev–Trinajstić information content (AvgIpc) is 0.805. The number of benzene rings is 10. The molecule has 0 atom stereocenters. The van der Waals surface area contributed by atoms with Gasteiger partial charge in [0.25, 0.3) is 0 Å². The van der Waals surface area contributed by atoms with Gasteiger partial charge in [-0.25, -0.2) is 29.9 Å². The second-order valence-electron chi connectivity index (χ2n) is 24.4. The van der Waals surface area contributed by atoms with Crippen LogP contribution in [0, 0.1) is 0 Å². The summed E-state index contributed by atoms with van der Waals surface area (Å²) in [4.78, 5) is 38.2. The van der Waals surface area contributed by atoms with E-state index >= 15 is 0 Å². The summed E-state index contributed by atoms with van der Waals surface area (Å²) >= 11 is 0. The summed E-state index contributed by atoms with van der Waals surface area (Å²) < 4.78 is 0. The molecule has 0 unspecified atom stereocenters. The molecule has 8 nitrogen and oxygen atoms in total. The van der Waals surface area contributed by atoms with Gasteiger partial charge in [-0.15, -0.1) is 0 Å². The Labute approximate surface area is 515 Å². The van der Waals surface area contributed by atoms with Crippen LogP contribution in [0.4, 0.5) is 34.3 Å². The maximum atomic E-state index is 5.79. The second-order valence-corrected chi connectivity index (χ2v) is 24.4. The summed E-state index contributed by atoms with van der Waals surface area (Å²) in [5, 5.41) is 0. The molecule has 3 aromatic heterocycles. The Bertz CT molecular complexity index is 4420. The Morgan fingerprint density at radius 2 is 0.568 bits per heavy atom. The number of nitrogens with zero attached hydrogens (tertiary/aromatic N) is 8. The normalized spacial score (nSPS) is 12.2. The lowest BCUT2D eigenvalue weighted by molar-refractivity contribution is 0.569. The summed E-state index contributed by atoms with van der Waals surface area (Å²) in [6, 6.07) is 97.5. The van der Waals surface area contributed by atoms with Crippen LogP contribution in [0.15, 0.2) is 279 Å². The van der Waals surface area contributed by atoms with Gasteiger partial charge in [0.1, 0.15) is 5.82 Å². The van der Waals surface area contributed by atoms with Crippen molar-refractivity contribution >= 4 is 34.3 Å². The third kappa shape index (κ3) is 10.7. The predicted molar refractivity (Wildman–Crippen MR) is 362 cm³/mol. The van der Waals surface area contributed by atoms with Gasteiger partial charge < -0.3 is 4.90 Å². The van der Waals surface area contributed by atoms with Crippen LogP contribution >= 0.6 is 0 Å². The van der Waals surface area contributed by atoms with Crippen LogP contribution in [0.25, 0.3) is 102 Å². The van der Waals surface area contributed by atoms with Crippen LogP contribution in [-0.2, 0) is 10.8 Å². The Kier molecular flexibility index (Phi) is 14.2. The summed E-state index contributed by atoms with van der Waals surface area (Å²) in [7, 11) is 0. The number of para-hydroxylation sites is 4. The van der Waals surface area contributed by atoms with E-state index in [2.05, 4.69) is 282 Å². The van der Waals surface area contributed by atoms with Crippen molar-refractivity contribution in [3.05, 3.63) is 290 Å². The lowest BCUT2D eigenvalue weighted by atomic mass is 9.78. The van der Waals surface area contributed by atoms with Crippen molar-refractivity contribution in [2.45, 2.75) is 52.4 Å². The Morgan fingerprint density at radius 3 is 0.955 bits per heavy atom. The van der Waals surface area contributed by atoms with E-state index in [1.165, 1.54) is 11.1 Å². The molecule has 14 rings (SSSR count). The van der Waals surface area contributed by atoms with E-state index in [1.807, 2.05) is 48.5 Å². The van der Waals surface area contributed by atoms with Crippen LogP contribution in [0.3, 0.4) is 0 Å². The topological polar surface area (TPSA) is 83.8 Å². The zero-order valence-electron chi connectivity index (χ0n) is 50.1. The molecule has 0 aliphatic carbocycles. The van der Waals surface area contributed by atoms with Gasteiger partial charge in [0, 0.05) is 50.6 Å². The fourth-order valence-electron chi connectivity index (χ4n) is 11.8. The fraction of sp³-hybridized carbons (Fsp3) is 0.100. The van der Waals surface area contributed by atoms with Gasteiger partial charge in [0.15, 0.2) is 17.5 Å². The third-order valence-corrected chi connectivity index (χ3v) is 16.3. The molecule has 1 aliphatic rings. The highest BCUT2D eigenvalue weighted by molar-refractivity contribution is 6.07. The van der Waals surface area contributed by atoms with E-state index in [-0.39, 0.29) is 10.8 Å². The van der Waals surface area contributed by atoms with E-state index in [0.29, 0.717) is 17.5 Å². The van der Waals surface area contributed by atoms with Crippen LogP contribution in [0.2, 0.25) is 0 Å². The second kappa shape index (κ2) is 22.8. The van der Waals surface area contributed by atoms with E-state index in [0.717, 1.165) is 118 Å². The SMILES string of the molecule is CC(C)(C)c1cc(-c2c(-c3nc(-c4ccccc4)cc(-c4ccccc4)n3)ccc(N3c4ccccc4N(c4cc(-c5ccccc5)nc(-c5ccccc5)n4)c4ccccc43)c2-c2nc(-c3ccccc3)cc(-c3ccccc3)n2)cc(C(C)(C)C)c1. The largest absolute Gasteiger partial charge is 0.306 e. The standard InChI is InChI=1S/C80H64N8/c1-79(2,3)60-47-59(48-61(49-60)80(4,5)6)74-62(77-82-63(53-29-13-7-14-30-53)50-64(83-77)54-31-15-8-16-32-54)45-46-72(75(74)78-84-65(55-33-17-9-18-34-55)51-66(85-78)56-35-19-10-20-36-56)87-68-41-25-27-43-70(68)88(71-44-28-26-42-69(71)87)73-52-67(57-37-21-11-22-38-57)81-76(86-73)58-39-23-12-24-40-58/h7-52H,1-6H3. The molecule has 13 aromatic rings. The maximum absolute atomic E-state index is 5.79. The Balaban J connectivity index is 1.12. The number of anilines is 6. The van der Waals surface area contributed by atoms with Crippen molar-refractivity contribution in [3.63, 3.8) is 0 Å². The smallest absolute Gasteiger partial charge is 0.163 e. The highest BCUT2D eigenvalue weighted by Crippen LogP contribution is 2.58. The van der Waals surface area contributed by atoms with Crippen LogP contribution in [0.5, 0.6) is 0 Å². The average molecular weight is 1140 g/mol. The summed E-state index contributed by atoms with van der Waals surface area (Å²) in [5.74, 6) is 2.47. The van der Waals surface area contributed by atoms with Crippen LogP contribution < -0.4 is 9.80 Å². The minimum absolute atomic E-state index is 0.238. The van der Waals surface area contributed by atoms with Crippen LogP contribution in [-0.4, -0.2) is 29.9 Å². The molecule has 0 bridgehead atoms. The van der Waals surface area contributed by atoms with E-state index < -0.39 is 0 Å². The summed E-state index contributed by atoms with van der Waals surface area (Å²) in [6.45, 7) is 13.8. The number of fused-ring (bicyclic) bond motifs is 2. The van der Waals surface area contributed by atoms with E-state index in [9.17, 15) is 0 Å². The zero-order valence-corrected chi connectivity index (χ0v) is 50.1. The maximum Gasteiger partial charge on any atom is 0.163 e. The molecule has 0 N–H and O–H groups in total. The molecule has 10 aromatic carbocycles. The summed E-state index contributed by atoms with van der Waals surface area (Å²) in [6.07, 6.45) is 0. The van der Waals surface area contributed by atoms with Gasteiger partial charge >= 0.3 is 0 Å². The predicted octanol–water partition coefficient (Wildman–Crippen LogP) is 20.9. The van der Waals surface area contributed by atoms with Gasteiger partial charge in [-0.05, 0) is 76.1 Å². The van der Waals surface area contributed by atoms with E-state index in [1.54, 1.807) is 0 Å². The lowest BCUT2D eigenvalue weighted by Crippen LogP contribution is -2.25. The van der Waals surface area contributed by atoms with Gasteiger partial charge in [0.05, 0.1) is 62.5 Å². The van der Waals surface area contributed by atoms with Gasteiger partial charge in [-0.3, -0.25) is 4.90 Å². The number of hydrogen-bond acceptors (Lipinski definition) is 8. The monoisotopic (exact) mass is 1140 g/mol. The van der Waals surface area contributed by atoms with Crippen LogP contribution in [0.1, 0.15) is 52.7 Å². The Hall–Kier alpha value is -11.0. The number of rotatable bonds is 11. The third-order valence-electron chi connectivity index (χ3n) is 16.3. The molecule has 424 valence electrons. The molecule has 0 radical (unpaired) electrons. The first-order chi connectivity index (χ1) is 42.9. The molecular formula is C80H64N8. The molecule has 0 amide bonds. The van der Waals surface area contributed by atoms with Crippen molar-refractivity contribution in [3.8, 4) is 102 Å². The van der Waals surface area contributed by atoms with E-state index in [4.69, 9.17) is 29.9 Å². The highest BCUT2D eigenvalue weighted by Gasteiger charge is 2.36.